The van der Waals surface area contributed by atoms with E-state index in [1.165, 1.54) is 30.4 Å². The van der Waals surface area contributed by atoms with Crippen LogP contribution in [0.25, 0.3) is 0 Å². The molecular formula is C16H23NO. The molecule has 2 heterocycles. The van der Waals surface area contributed by atoms with E-state index in [9.17, 15) is 0 Å². The van der Waals surface area contributed by atoms with Gasteiger partial charge in [0, 0.05) is 18.5 Å². The predicted molar refractivity (Wildman–Crippen MR) is 73.6 cm³/mol. The highest BCUT2D eigenvalue weighted by atomic mass is 16.5. The molecule has 2 heteroatoms. The fourth-order valence-corrected chi connectivity index (χ4v) is 3.26. The van der Waals surface area contributed by atoms with E-state index in [2.05, 4.69) is 43.4 Å². The van der Waals surface area contributed by atoms with Gasteiger partial charge < -0.3 is 10.1 Å². The van der Waals surface area contributed by atoms with Crippen molar-refractivity contribution in [2.24, 2.45) is 5.92 Å². The van der Waals surface area contributed by atoms with Crippen molar-refractivity contribution in [3.63, 3.8) is 0 Å². The number of fused-ring (bicyclic) bond motifs is 2. The Hall–Kier alpha value is -0.860. The SMILES string of the molecule is Cc1ccc(C(C)NCC2CC3CCC2O3)cc1. The maximum atomic E-state index is 5.90. The number of ether oxygens (including phenoxy) is 1. The number of nitrogens with one attached hydrogen (secondary N) is 1. The molecule has 0 spiro atoms. The van der Waals surface area contributed by atoms with Gasteiger partial charge in [0.2, 0.25) is 0 Å². The van der Waals surface area contributed by atoms with Crippen molar-refractivity contribution in [3.05, 3.63) is 35.4 Å². The Morgan fingerprint density at radius 1 is 1.28 bits per heavy atom. The summed E-state index contributed by atoms with van der Waals surface area (Å²) in [6.07, 6.45) is 4.92. The third-order valence-electron chi connectivity index (χ3n) is 4.50. The topological polar surface area (TPSA) is 21.3 Å². The number of rotatable bonds is 4. The zero-order valence-electron chi connectivity index (χ0n) is 11.4. The summed E-state index contributed by atoms with van der Waals surface area (Å²) < 4.78 is 5.90. The first kappa shape index (κ1) is 12.2. The largest absolute Gasteiger partial charge is 0.375 e. The molecule has 4 atom stereocenters. The zero-order chi connectivity index (χ0) is 12.5. The standard InChI is InChI=1S/C16H23NO/c1-11-3-5-13(6-4-11)12(2)17-10-14-9-15-7-8-16(14)18-15/h3-6,12,14-17H,7-10H2,1-2H3. The molecule has 0 radical (unpaired) electrons. The van der Waals surface area contributed by atoms with Crippen LogP contribution in [0.15, 0.2) is 24.3 Å². The Kier molecular flexibility index (Phi) is 3.40. The highest BCUT2D eigenvalue weighted by Gasteiger charge is 2.40. The van der Waals surface area contributed by atoms with Crippen molar-refractivity contribution in [1.29, 1.82) is 0 Å². The highest BCUT2D eigenvalue weighted by molar-refractivity contribution is 5.23. The van der Waals surface area contributed by atoms with Crippen LogP contribution in [0.4, 0.5) is 0 Å². The molecule has 4 unspecified atom stereocenters. The van der Waals surface area contributed by atoms with Crippen molar-refractivity contribution < 1.29 is 4.74 Å². The van der Waals surface area contributed by atoms with Gasteiger partial charge in [0.1, 0.15) is 0 Å². The van der Waals surface area contributed by atoms with Gasteiger partial charge in [-0.1, -0.05) is 29.8 Å². The van der Waals surface area contributed by atoms with Crippen molar-refractivity contribution in [3.8, 4) is 0 Å². The maximum absolute atomic E-state index is 5.90. The van der Waals surface area contributed by atoms with E-state index in [0.717, 1.165) is 12.5 Å². The van der Waals surface area contributed by atoms with Crippen molar-refractivity contribution in [2.75, 3.05) is 6.54 Å². The molecule has 98 valence electrons. The molecule has 0 aromatic heterocycles. The Morgan fingerprint density at radius 3 is 2.67 bits per heavy atom. The van der Waals surface area contributed by atoms with Crippen molar-refractivity contribution in [2.45, 2.75) is 51.4 Å². The van der Waals surface area contributed by atoms with Gasteiger partial charge in [-0.3, -0.25) is 0 Å². The molecule has 1 aromatic rings. The number of aryl methyl sites for hydroxylation is 1. The van der Waals surface area contributed by atoms with Crippen LogP contribution in [0.3, 0.4) is 0 Å². The average Bonchev–Trinajstić information content (AvgIpc) is 2.99. The van der Waals surface area contributed by atoms with E-state index < -0.39 is 0 Å². The van der Waals surface area contributed by atoms with Gasteiger partial charge in [0.15, 0.2) is 0 Å². The van der Waals surface area contributed by atoms with Gasteiger partial charge in [-0.2, -0.15) is 0 Å². The molecule has 0 aliphatic carbocycles. The van der Waals surface area contributed by atoms with E-state index in [-0.39, 0.29) is 0 Å². The van der Waals surface area contributed by atoms with Gasteiger partial charge in [-0.15, -0.1) is 0 Å². The van der Waals surface area contributed by atoms with Crippen LogP contribution >= 0.6 is 0 Å². The molecule has 1 N–H and O–H groups in total. The summed E-state index contributed by atoms with van der Waals surface area (Å²) in [6, 6.07) is 9.27. The Labute approximate surface area is 110 Å². The highest BCUT2D eigenvalue weighted by Crippen LogP contribution is 2.38. The smallest absolute Gasteiger partial charge is 0.0621 e. The summed E-state index contributed by atoms with van der Waals surface area (Å²) in [5, 5.41) is 3.67. The van der Waals surface area contributed by atoms with E-state index in [1.54, 1.807) is 0 Å². The second-order valence-corrected chi connectivity index (χ2v) is 5.91. The molecule has 0 saturated carbocycles. The minimum absolute atomic E-state index is 0.435. The number of benzene rings is 1. The van der Waals surface area contributed by atoms with Crippen LogP contribution < -0.4 is 5.32 Å². The zero-order valence-corrected chi connectivity index (χ0v) is 11.4. The van der Waals surface area contributed by atoms with Gasteiger partial charge in [0.05, 0.1) is 12.2 Å². The summed E-state index contributed by atoms with van der Waals surface area (Å²) >= 11 is 0. The summed E-state index contributed by atoms with van der Waals surface area (Å²) in [5.74, 6) is 0.733. The van der Waals surface area contributed by atoms with Crippen LogP contribution in [0.1, 0.15) is 43.4 Å². The summed E-state index contributed by atoms with van der Waals surface area (Å²) in [4.78, 5) is 0. The molecule has 3 rings (SSSR count). The van der Waals surface area contributed by atoms with Gasteiger partial charge in [0.25, 0.3) is 0 Å². The molecule has 2 aliphatic heterocycles. The summed E-state index contributed by atoms with van der Waals surface area (Å²) in [5.41, 5.74) is 2.71. The van der Waals surface area contributed by atoms with Crippen LogP contribution in [-0.4, -0.2) is 18.8 Å². The maximum Gasteiger partial charge on any atom is 0.0621 e. The van der Waals surface area contributed by atoms with Crippen LogP contribution in [0.5, 0.6) is 0 Å². The normalized spacial score (nSPS) is 31.8. The lowest BCUT2D eigenvalue weighted by atomic mass is 9.89. The first-order valence-corrected chi connectivity index (χ1v) is 7.18. The van der Waals surface area contributed by atoms with E-state index in [1.807, 2.05) is 0 Å². The molecule has 2 fully saturated rings. The molecule has 2 saturated heterocycles. The molecule has 2 bridgehead atoms. The lowest BCUT2D eigenvalue weighted by Crippen LogP contribution is -2.31. The fourth-order valence-electron chi connectivity index (χ4n) is 3.26. The Balaban J connectivity index is 1.52. The summed E-state index contributed by atoms with van der Waals surface area (Å²) in [6.45, 7) is 5.48. The molecular weight excluding hydrogens is 222 g/mol. The second-order valence-electron chi connectivity index (χ2n) is 5.91. The van der Waals surface area contributed by atoms with E-state index >= 15 is 0 Å². The van der Waals surface area contributed by atoms with Crippen molar-refractivity contribution >= 4 is 0 Å². The van der Waals surface area contributed by atoms with Crippen LogP contribution in [-0.2, 0) is 4.74 Å². The molecule has 2 nitrogen and oxygen atoms in total. The molecule has 2 aliphatic rings. The van der Waals surface area contributed by atoms with Crippen LogP contribution in [0.2, 0.25) is 0 Å². The Bertz CT molecular complexity index is 400. The van der Waals surface area contributed by atoms with Crippen LogP contribution in [0, 0.1) is 12.8 Å². The quantitative estimate of drug-likeness (QED) is 0.879. The Morgan fingerprint density at radius 2 is 2.06 bits per heavy atom. The first-order valence-electron chi connectivity index (χ1n) is 7.18. The number of hydrogen-bond donors (Lipinski definition) is 1. The predicted octanol–water partition coefficient (Wildman–Crippen LogP) is 3.21. The average molecular weight is 245 g/mol. The van der Waals surface area contributed by atoms with E-state index in [0.29, 0.717) is 18.2 Å². The second kappa shape index (κ2) is 5.02. The van der Waals surface area contributed by atoms with Crippen molar-refractivity contribution in [1.82, 2.24) is 5.32 Å². The lowest BCUT2D eigenvalue weighted by molar-refractivity contribution is 0.0920. The fraction of sp³-hybridized carbons (Fsp3) is 0.625. The molecule has 18 heavy (non-hydrogen) atoms. The number of hydrogen-bond acceptors (Lipinski definition) is 2. The monoisotopic (exact) mass is 245 g/mol. The summed E-state index contributed by atoms with van der Waals surface area (Å²) in [7, 11) is 0. The molecule has 1 aromatic carbocycles. The minimum Gasteiger partial charge on any atom is -0.375 e. The molecule has 0 amide bonds. The minimum atomic E-state index is 0.435. The van der Waals surface area contributed by atoms with E-state index in [4.69, 9.17) is 4.74 Å². The third-order valence-corrected chi connectivity index (χ3v) is 4.50. The van der Waals surface area contributed by atoms with Gasteiger partial charge in [-0.05, 0) is 38.7 Å². The lowest BCUT2D eigenvalue weighted by Gasteiger charge is -2.22. The third kappa shape index (κ3) is 2.45. The van der Waals surface area contributed by atoms with Gasteiger partial charge >= 0.3 is 0 Å². The van der Waals surface area contributed by atoms with Gasteiger partial charge in [-0.25, -0.2) is 0 Å². The first-order chi connectivity index (χ1) is 8.72.